The Morgan fingerprint density at radius 3 is 3.13 bits per heavy atom. The van der Waals surface area contributed by atoms with Crippen molar-refractivity contribution < 1.29 is 4.74 Å². The smallest absolute Gasteiger partial charge is 0.181 e. The fraction of sp³-hybridized carbons (Fsp3) is 0.500. The van der Waals surface area contributed by atoms with Crippen LogP contribution in [0.25, 0.3) is 0 Å². The first-order valence-corrected chi connectivity index (χ1v) is 6.34. The number of halogens is 1. The molecule has 2 nitrogen and oxygen atoms in total. The van der Waals surface area contributed by atoms with Crippen molar-refractivity contribution in [1.29, 1.82) is 0 Å². The third kappa shape index (κ3) is 1.29. The molecule has 0 spiro atoms. The van der Waals surface area contributed by atoms with Gasteiger partial charge in [-0.15, -0.1) is 0 Å². The van der Waals surface area contributed by atoms with Crippen molar-refractivity contribution in [2.45, 2.75) is 36.9 Å². The van der Waals surface area contributed by atoms with E-state index < -0.39 is 0 Å². The van der Waals surface area contributed by atoms with Crippen LogP contribution in [0.1, 0.15) is 26.2 Å². The van der Waals surface area contributed by atoms with Crippen LogP contribution in [0, 0.1) is 0 Å². The van der Waals surface area contributed by atoms with Crippen molar-refractivity contribution in [3.8, 4) is 5.75 Å². The van der Waals surface area contributed by atoms with Gasteiger partial charge in [0.15, 0.2) is 5.72 Å². The van der Waals surface area contributed by atoms with Gasteiger partial charge in [0.05, 0.1) is 10.6 Å². The second-order valence-electron chi connectivity index (χ2n) is 4.44. The molecule has 2 aliphatic rings. The molecule has 2 atom stereocenters. The fourth-order valence-electron chi connectivity index (χ4n) is 2.63. The lowest BCUT2D eigenvalue weighted by atomic mass is 10.0. The first-order valence-electron chi connectivity index (χ1n) is 5.42. The molecular weight excluding hydrogens is 254 g/mol. The van der Waals surface area contributed by atoms with Gasteiger partial charge in [-0.2, -0.15) is 0 Å². The van der Waals surface area contributed by atoms with Gasteiger partial charge in [0.1, 0.15) is 5.75 Å². The summed E-state index contributed by atoms with van der Waals surface area (Å²) in [4.78, 5) is 2.77. The number of anilines is 1. The summed E-state index contributed by atoms with van der Waals surface area (Å²) in [5.41, 5.74) is 1.08. The van der Waals surface area contributed by atoms with Crippen molar-refractivity contribution >= 4 is 21.6 Å². The van der Waals surface area contributed by atoms with E-state index in [4.69, 9.17) is 4.74 Å². The monoisotopic (exact) mass is 267 g/mol. The van der Waals surface area contributed by atoms with E-state index in [1.165, 1.54) is 18.5 Å². The first kappa shape index (κ1) is 9.52. The highest BCUT2D eigenvalue weighted by molar-refractivity contribution is 9.09. The Morgan fingerprint density at radius 1 is 1.47 bits per heavy atom. The summed E-state index contributed by atoms with van der Waals surface area (Å²) in [6.45, 7) is 2.18. The van der Waals surface area contributed by atoms with E-state index in [1.54, 1.807) is 0 Å². The second kappa shape index (κ2) is 3.14. The van der Waals surface area contributed by atoms with E-state index in [0.29, 0.717) is 4.95 Å². The standard InChI is InChI=1S/C12H14BrNO/c1-12-8-4-7-11(13)14(12)9-5-2-3-6-10(9)15-12/h2-3,5-6,11H,4,7-8H2,1H3. The van der Waals surface area contributed by atoms with E-state index in [9.17, 15) is 0 Å². The molecule has 3 rings (SSSR count). The third-order valence-electron chi connectivity index (χ3n) is 3.33. The quantitative estimate of drug-likeness (QED) is 0.527. The minimum Gasteiger partial charge on any atom is -0.466 e. The van der Waals surface area contributed by atoms with Crippen LogP contribution >= 0.6 is 15.9 Å². The molecule has 0 aliphatic carbocycles. The van der Waals surface area contributed by atoms with Crippen molar-refractivity contribution in [1.82, 2.24) is 0 Å². The molecule has 2 heterocycles. The maximum absolute atomic E-state index is 6.06. The largest absolute Gasteiger partial charge is 0.466 e. The van der Waals surface area contributed by atoms with E-state index in [2.05, 4.69) is 46.0 Å². The Bertz CT molecular complexity index is 395. The zero-order valence-electron chi connectivity index (χ0n) is 8.74. The van der Waals surface area contributed by atoms with Gasteiger partial charge in [-0.3, -0.25) is 0 Å². The molecular formula is C12H14BrNO. The number of nitrogens with zero attached hydrogens (tertiary/aromatic N) is 1. The second-order valence-corrected chi connectivity index (χ2v) is 5.50. The Kier molecular flexibility index (Phi) is 2.00. The molecule has 80 valence electrons. The van der Waals surface area contributed by atoms with Crippen LogP contribution in [0.4, 0.5) is 5.69 Å². The van der Waals surface area contributed by atoms with Crippen LogP contribution in [-0.4, -0.2) is 10.7 Å². The molecule has 3 heteroatoms. The van der Waals surface area contributed by atoms with Gasteiger partial charge in [0.2, 0.25) is 0 Å². The topological polar surface area (TPSA) is 12.5 Å². The average molecular weight is 268 g/mol. The Morgan fingerprint density at radius 2 is 2.27 bits per heavy atom. The van der Waals surface area contributed by atoms with Crippen molar-refractivity contribution in [3.05, 3.63) is 24.3 Å². The number of rotatable bonds is 0. The number of hydrogen-bond donors (Lipinski definition) is 0. The Balaban J connectivity index is 2.09. The summed E-state index contributed by atoms with van der Waals surface area (Å²) in [6.07, 6.45) is 3.51. The highest BCUT2D eigenvalue weighted by Gasteiger charge is 2.46. The number of fused-ring (bicyclic) bond motifs is 3. The molecule has 1 aromatic carbocycles. The molecule has 15 heavy (non-hydrogen) atoms. The summed E-state index contributed by atoms with van der Waals surface area (Å²) >= 11 is 3.75. The molecule has 1 aromatic rings. The van der Waals surface area contributed by atoms with Gasteiger partial charge in [0.25, 0.3) is 0 Å². The molecule has 2 aliphatic heterocycles. The predicted octanol–water partition coefficient (Wildman–Crippen LogP) is 3.51. The fourth-order valence-corrected chi connectivity index (χ4v) is 3.61. The highest BCUT2D eigenvalue weighted by Crippen LogP contribution is 2.49. The molecule has 1 fully saturated rings. The number of piperidine rings is 1. The SMILES string of the molecule is CC12CCCC(Br)N1c1ccccc1O2. The number of para-hydroxylation sites is 2. The van der Waals surface area contributed by atoms with E-state index in [0.717, 1.165) is 12.2 Å². The molecule has 1 saturated heterocycles. The zero-order valence-corrected chi connectivity index (χ0v) is 10.3. The van der Waals surface area contributed by atoms with E-state index in [-0.39, 0.29) is 5.72 Å². The van der Waals surface area contributed by atoms with Crippen LogP contribution < -0.4 is 9.64 Å². The van der Waals surface area contributed by atoms with Gasteiger partial charge in [-0.1, -0.05) is 28.1 Å². The number of ether oxygens (including phenoxy) is 1. The summed E-state index contributed by atoms with van der Waals surface area (Å²) in [5.74, 6) is 1.02. The normalized spacial score (nSPS) is 33.2. The maximum Gasteiger partial charge on any atom is 0.181 e. The van der Waals surface area contributed by atoms with Crippen LogP contribution in [0.3, 0.4) is 0 Å². The lowest BCUT2D eigenvalue weighted by Crippen LogP contribution is -2.53. The van der Waals surface area contributed by atoms with Gasteiger partial charge < -0.3 is 9.64 Å². The minimum atomic E-state index is -0.143. The Hall–Kier alpha value is -0.700. The van der Waals surface area contributed by atoms with Gasteiger partial charge in [0, 0.05) is 6.42 Å². The van der Waals surface area contributed by atoms with Crippen molar-refractivity contribution in [2.24, 2.45) is 0 Å². The molecule has 0 amide bonds. The van der Waals surface area contributed by atoms with Gasteiger partial charge in [-0.05, 0) is 31.9 Å². The van der Waals surface area contributed by atoms with Crippen LogP contribution in [0.5, 0.6) is 5.75 Å². The lowest BCUT2D eigenvalue weighted by Gasteiger charge is -2.42. The van der Waals surface area contributed by atoms with Gasteiger partial charge >= 0.3 is 0 Å². The average Bonchev–Trinajstić information content (AvgIpc) is 2.50. The van der Waals surface area contributed by atoms with E-state index >= 15 is 0 Å². The molecule has 0 radical (unpaired) electrons. The van der Waals surface area contributed by atoms with E-state index in [1.807, 2.05) is 6.07 Å². The lowest BCUT2D eigenvalue weighted by molar-refractivity contribution is 0.0783. The summed E-state index contributed by atoms with van der Waals surface area (Å²) in [6, 6.07) is 8.30. The minimum absolute atomic E-state index is 0.143. The third-order valence-corrected chi connectivity index (χ3v) is 4.19. The predicted molar refractivity (Wildman–Crippen MR) is 64.5 cm³/mol. The first-order chi connectivity index (χ1) is 7.21. The summed E-state index contributed by atoms with van der Waals surface area (Å²) < 4.78 is 6.06. The number of benzene rings is 1. The molecule has 2 unspecified atom stereocenters. The Labute approximate surface area is 98.4 Å². The molecule has 0 bridgehead atoms. The summed E-state index contributed by atoms with van der Waals surface area (Å²) in [5, 5.41) is 0. The maximum atomic E-state index is 6.06. The summed E-state index contributed by atoms with van der Waals surface area (Å²) in [7, 11) is 0. The van der Waals surface area contributed by atoms with Crippen molar-refractivity contribution in [3.63, 3.8) is 0 Å². The van der Waals surface area contributed by atoms with Crippen LogP contribution in [-0.2, 0) is 0 Å². The van der Waals surface area contributed by atoms with Crippen molar-refractivity contribution in [2.75, 3.05) is 4.90 Å². The number of hydrogen-bond acceptors (Lipinski definition) is 2. The molecule has 0 aromatic heterocycles. The van der Waals surface area contributed by atoms with Crippen LogP contribution in [0.15, 0.2) is 24.3 Å². The zero-order chi connectivity index (χ0) is 10.5. The number of alkyl halides is 1. The molecule has 0 saturated carbocycles. The highest BCUT2D eigenvalue weighted by atomic mass is 79.9. The molecule has 0 N–H and O–H groups in total. The van der Waals surface area contributed by atoms with Gasteiger partial charge in [-0.25, -0.2) is 0 Å². The van der Waals surface area contributed by atoms with Crippen LogP contribution in [0.2, 0.25) is 0 Å².